The van der Waals surface area contributed by atoms with Gasteiger partial charge >= 0.3 is 0 Å². The zero-order valence-corrected chi connectivity index (χ0v) is 12.6. The largest absolute Gasteiger partial charge is 0.347 e. The molecule has 0 aliphatic carbocycles. The number of aromatic nitrogens is 1. The van der Waals surface area contributed by atoms with E-state index >= 15 is 0 Å². The molecule has 1 aliphatic heterocycles. The van der Waals surface area contributed by atoms with E-state index in [-0.39, 0.29) is 11.9 Å². The van der Waals surface area contributed by atoms with Crippen molar-refractivity contribution in [3.8, 4) is 0 Å². The van der Waals surface area contributed by atoms with E-state index in [1.54, 1.807) is 11.3 Å². The van der Waals surface area contributed by atoms with Crippen LogP contribution in [0.2, 0.25) is 0 Å². The lowest BCUT2D eigenvalue weighted by Gasteiger charge is -2.22. The topological polar surface area (TPSA) is 54.0 Å². The number of aryl methyl sites for hydroxylation is 1. The summed E-state index contributed by atoms with van der Waals surface area (Å²) in [5.41, 5.74) is 0. The van der Waals surface area contributed by atoms with Crippen LogP contribution < -0.4 is 10.6 Å². The van der Waals surface area contributed by atoms with Crippen molar-refractivity contribution in [2.75, 3.05) is 13.1 Å². The minimum Gasteiger partial charge on any atom is -0.347 e. The fourth-order valence-corrected chi connectivity index (χ4v) is 3.23. The van der Waals surface area contributed by atoms with Crippen molar-refractivity contribution in [1.82, 2.24) is 15.6 Å². The van der Waals surface area contributed by atoms with E-state index in [1.807, 2.05) is 20.0 Å². The van der Waals surface area contributed by atoms with Crippen LogP contribution in [0.25, 0.3) is 0 Å². The third kappa shape index (κ3) is 4.58. The highest BCUT2D eigenvalue weighted by molar-refractivity contribution is 7.11. The van der Waals surface area contributed by atoms with Gasteiger partial charge < -0.3 is 10.6 Å². The van der Waals surface area contributed by atoms with Crippen LogP contribution >= 0.6 is 11.3 Å². The Hall–Kier alpha value is -0.940. The Morgan fingerprint density at radius 2 is 2.53 bits per heavy atom. The minimum atomic E-state index is 0.0238. The number of carbonyl (C=O) groups is 1. The van der Waals surface area contributed by atoms with Gasteiger partial charge in [-0.25, -0.2) is 4.98 Å². The predicted octanol–water partition coefficient (Wildman–Crippen LogP) is 2.41. The molecule has 2 unspecified atom stereocenters. The van der Waals surface area contributed by atoms with Gasteiger partial charge in [0.15, 0.2) is 0 Å². The molecule has 1 amide bonds. The van der Waals surface area contributed by atoms with Crippen molar-refractivity contribution >= 4 is 17.2 Å². The van der Waals surface area contributed by atoms with E-state index in [0.29, 0.717) is 12.3 Å². The summed E-state index contributed by atoms with van der Waals surface area (Å²) in [5.74, 6) is 0.808. The Morgan fingerprint density at radius 1 is 1.68 bits per heavy atom. The summed E-state index contributed by atoms with van der Waals surface area (Å²) in [4.78, 5) is 17.4. The van der Waals surface area contributed by atoms with Gasteiger partial charge in [-0.2, -0.15) is 0 Å². The zero-order chi connectivity index (χ0) is 13.7. The number of amides is 1. The van der Waals surface area contributed by atoms with Gasteiger partial charge in [0.1, 0.15) is 5.01 Å². The molecule has 1 aromatic heterocycles. The predicted molar refractivity (Wildman–Crippen MR) is 78.2 cm³/mol. The fourth-order valence-electron chi connectivity index (χ4n) is 2.45. The summed E-state index contributed by atoms with van der Waals surface area (Å²) in [6, 6.07) is 0.0238. The molecule has 1 aromatic rings. The molecule has 0 spiro atoms. The highest BCUT2D eigenvalue weighted by atomic mass is 32.1. The van der Waals surface area contributed by atoms with Gasteiger partial charge in [-0.15, -0.1) is 11.3 Å². The van der Waals surface area contributed by atoms with Crippen molar-refractivity contribution in [1.29, 1.82) is 0 Å². The lowest BCUT2D eigenvalue weighted by molar-refractivity contribution is -0.122. The molecule has 19 heavy (non-hydrogen) atoms. The first-order valence-electron chi connectivity index (χ1n) is 7.07. The Morgan fingerprint density at radius 3 is 3.16 bits per heavy atom. The Balaban J connectivity index is 1.71. The Bertz CT molecular complexity index is 413. The third-order valence-corrected chi connectivity index (χ3v) is 4.66. The van der Waals surface area contributed by atoms with Gasteiger partial charge in [0.2, 0.25) is 5.91 Å². The summed E-state index contributed by atoms with van der Waals surface area (Å²) in [7, 11) is 0. The van der Waals surface area contributed by atoms with Crippen molar-refractivity contribution in [2.24, 2.45) is 5.92 Å². The van der Waals surface area contributed by atoms with Crippen LogP contribution in [0.3, 0.4) is 0 Å². The molecule has 2 N–H and O–H groups in total. The van der Waals surface area contributed by atoms with Crippen LogP contribution in [0.4, 0.5) is 0 Å². The monoisotopic (exact) mass is 281 g/mol. The average molecular weight is 281 g/mol. The van der Waals surface area contributed by atoms with Gasteiger partial charge in [-0.05, 0) is 52.1 Å². The summed E-state index contributed by atoms with van der Waals surface area (Å²) >= 11 is 1.65. The summed E-state index contributed by atoms with van der Waals surface area (Å²) in [6.07, 6.45) is 5.96. The molecule has 2 rings (SSSR count). The zero-order valence-electron chi connectivity index (χ0n) is 11.7. The van der Waals surface area contributed by atoms with Crippen molar-refractivity contribution in [2.45, 2.75) is 45.6 Å². The molecule has 1 fully saturated rings. The highest BCUT2D eigenvalue weighted by Gasteiger charge is 2.16. The molecule has 1 aliphatic rings. The summed E-state index contributed by atoms with van der Waals surface area (Å²) in [6.45, 7) is 6.22. The quantitative estimate of drug-likeness (QED) is 0.871. The number of carbonyl (C=O) groups excluding carboxylic acids is 1. The highest BCUT2D eigenvalue weighted by Crippen LogP contribution is 2.20. The maximum atomic E-state index is 11.9. The number of nitrogens with zero attached hydrogens (tertiary/aromatic N) is 1. The second kappa shape index (κ2) is 7.01. The van der Waals surface area contributed by atoms with Gasteiger partial charge in [0.25, 0.3) is 0 Å². The number of piperidine rings is 1. The van der Waals surface area contributed by atoms with Gasteiger partial charge in [-0.1, -0.05) is 0 Å². The molecule has 0 saturated carbocycles. The first-order chi connectivity index (χ1) is 9.15. The van der Waals surface area contributed by atoms with E-state index in [1.165, 1.54) is 17.7 Å². The normalized spacial score (nSPS) is 21.1. The van der Waals surface area contributed by atoms with Crippen LogP contribution in [-0.4, -0.2) is 24.0 Å². The van der Waals surface area contributed by atoms with E-state index in [2.05, 4.69) is 15.6 Å². The Kier molecular flexibility index (Phi) is 5.34. The van der Waals surface area contributed by atoms with Crippen LogP contribution in [0, 0.1) is 12.8 Å². The minimum absolute atomic E-state index is 0.0238. The van der Waals surface area contributed by atoms with E-state index in [9.17, 15) is 4.79 Å². The number of hydrogen-bond donors (Lipinski definition) is 2. The molecular formula is C14H23N3OS. The molecule has 0 radical (unpaired) electrons. The molecule has 2 heterocycles. The molecule has 4 nitrogen and oxygen atoms in total. The van der Waals surface area contributed by atoms with Gasteiger partial charge in [0.05, 0.1) is 6.04 Å². The van der Waals surface area contributed by atoms with Crippen LogP contribution in [-0.2, 0) is 4.79 Å². The van der Waals surface area contributed by atoms with E-state index in [0.717, 1.165) is 24.5 Å². The van der Waals surface area contributed by atoms with Crippen LogP contribution in [0.5, 0.6) is 0 Å². The number of thiazole rings is 1. The number of hydrogen-bond acceptors (Lipinski definition) is 4. The maximum absolute atomic E-state index is 11.9. The van der Waals surface area contributed by atoms with E-state index < -0.39 is 0 Å². The first-order valence-corrected chi connectivity index (χ1v) is 7.89. The molecule has 106 valence electrons. The lowest BCUT2D eigenvalue weighted by Crippen LogP contribution is -2.31. The Labute approximate surface area is 119 Å². The van der Waals surface area contributed by atoms with Crippen molar-refractivity contribution in [3.05, 3.63) is 16.1 Å². The summed E-state index contributed by atoms with van der Waals surface area (Å²) in [5, 5.41) is 7.42. The third-order valence-electron chi connectivity index (χ3n) is 3.57. The van der Waals surface area contributed by atoms with Crippen molar-refractivity contribution in [3.63, 3.8) is 0 Å². The second-order valence-corrected chi connectivity index (χ2v) is 6.62. The summed E-state index contributed by atoms with van der Waals surface area (Å²) < 4.78 is 0. The molecule has 0 bridgehead atoms. The van der Waals surface area contributed by atoms with Gasteiger partial charge in [-0.3, -0.25) is 4.79 Å². The smallest absolute Gasteiger partial charge is 0.220 e. The molecule has 5 heteroatoms. The maximum Gasteiger partial charge on any atom is 0.220 e. The standard InChI is InChI=1S/C14H23N3OS/c1-10-8-16-14(19-10)11(2)17-13(18)6-5-12-4-3-7-15-9-12/h8,11-12,15H,3-7,9H2,1-2H3,(H,17,18). The van der Waals surface area contributed by atoms with Crippen molar-refractivity contribution < 1.29 is 4.79 Å². The van der Waals surface area contributed by atoms with Gasteiger partial charge in [0, 0.05) is 17.5 Å². The fraction of sp³-hybridized carbons (Fsp3) is 0.714. The molecular weight excluding hydrogens is 258 g/mol. The van der Waals surface area contributed by atoms with E-state index in [4.69, 9.17) is 0 Å². The SMILES string of the molecule is Cc1cnc(C(C)NC(=O)CCC2CCCNC2)s1. The molecule has 0 aromatic carbocycles. The first kappa shape index (κ1) is 14.5. The van der Waals surface area contributed by atoms with Crippen LogP contribution in [0.15, 0.2) is 6.20 Å². The number of rotatable bonds is 5. The number of nitrogens with one attached hydrogen (secondary N) is 2. The molecule has 1 saturated heterocycles. The lowest BCUT2D eigenvalue weighted by atomic mass is 9.94. The average Bonchev–Trinajstić information content (AvgIpc) is 2.84. The molecule has 2 atom stereocenters. The van der Waals surface area contributed by atoms with Crippen LogP contribution in [0.1, 0.15) is 48.5 Å². The second-order valence-electron chi connectivity index (χ2n) is 5.35.